The second-order valence-corrected chi connectivity index (χ2v) is 8.86. The van der Waals surface area contributed by atoms with Crippen LogP contribution in [0, 0.1) is 5.92 Å². The van der Waals surface area contributed by atoms with Crippen LogP contribution < -0.4 is 10.2 Å². The Morgan fingerprint density at radius 1 is 1.10 bits per heavy atom. The van der Waals surface area contributed by atoms with Gasteiger partial charge in [-0.1, -0.05) is 32.0 Å². The van der Waals surface area contributed by atoms with Crippen LogP contribution in [0.1, 0.15) is 29.9 Å². The van der Waals surface area contributed by atoms with Gasteiger partial charge in [-0.25, -0.2) is 4.98 Å². The van der Waals surface area contributed by atoms with Gasteiger partial charge in [0, 0.05) is 26.2 Å². The van der Waals surface area contributed by atoms with E-state index in [-0.39, 0.29) is 17.7 Å². The smallest absolute Gasteiger partial charge is 0.262 e. The second kappa shape index (κ2) is 8.87. The summed E-state index contributed by atoms with van der Waals surface area (Å²) in [7, 11) is 0. The zero-order valence-corrected chi connectivity index (χ0v) is 18.1. The number of nitrogens with zero attached hydrogens (tertiary/aromatic N) is 3. The normalized spacial score (nSPS) is 16.0. The molecule has 8 heteroatoms. The van der Waals surface area contributed by atoms with E-state index < -0.39 is 6.04 Å². The number of anilines is 1. The fourth-order valence-electron chi connectivity index (χ4n) is 3.77. The van der Waals surface area contributed by atoms with E-state index in [1.807, 2.05) is 54.5 Å². The van der Waals surface area contributed by atoms with Crippen LogP contribution in [0.4, 0.5) is 5.95 Å². The number of carbonyl (C=O) groups is 2. The third-order valence-corrected chi connectivity index (χ3v) is 6.32. The molecule has 0 spiro atoms. The molecule has 1 fully saturated rings. The molecule has 1 aromatic carbocycles. The van der Waals surface area contributed by atoms with Gasteiger partial charge in [-0.2, -0.15) is 0 Å². The first-order chi connectivity index (χ1) is 14.5. The Morgan fingerprint density at radius 2 is 1.93 bits per heavy atom. The van der Waals surface area contributed by atoms with Crippen molar-refractivity contribution in [2.75, 3.05) is 31.1 Å². The first-order valence-electron chi connectivity index (χ1n) is 10.4. The summed E-state index contributed by atoms with van der Waals surface area (Å²) >= 11 is 1.38. The van der Waals surface area contributed by atoms with Crippen LogP contribution in [0.25, 0.3) is 11.0 Å². The lowest BCUT2D eigenvalue weighted by molar-refractivity contribution is -0.134. The fraction of sp³-hybridized carbons (Fsp3) is 0.409. The molecule has 1 atom stereocenters. The number of rotatable bonds is 5. The van der Waals surface area contributed by atoms with E-state index in [0.29, 0.717) is 24.5 Å². The lowest BCUT2D eigenvalue weighted by Crippen LogP contribution is -2.52. The van der Waals surface area contributed by atoms with Gasteiger partial charge in [0.2, 0.25) is 11.9 Å². The van der Waals surface area contributed by atoms with Crippen molar-refractivity contribution in [2.24, 2.45) is 5.92 Å². The van der Waals surface area contributed by atoms with Gasteiger partial charge in [-0.15, -0.1) is 11.3 Å². The number of benzene rings is 1. The number of aromatic amines is 1. The number of amides is 2. The molecule has 0 aliphatic carbocycles. The van der Waals surface area contributed by atoms with E-state index >= 15 is 0 Å². The fourth-order valence-corrected chi connectivity index (χ4v) is 4.40. The molecule has 1 aliphatic heterocycles. The number of hydrogen-bond donors (Lipinski definition) is 2. The van der Waals surface area contributed by atoms with Crippen molar-refractivity contribution in [1.29, 1.82) is 0 Å². The van der Waals surface area contributed by atoms with E-state index in [9.17, 15) is 9.59 Å². The number of thiophene rings is 1. The number of imidazole rings is 1. The first-order valence-corrected chi connectivity index (χ1v) is 11.2. The molecule has 2 amide bonds. The van der Waals surface area contributed by atoms with Gasteiger partial charge >= 0.3 is 0 Å². The highest BCUT2D eigenvalue weighted by molar-refractivity contribution is 7.12. The van der Waals surface area contributed by atoms with Crippen LogP contribution >= 0.6 is 11.3 Å². The Kier molecular flexibility index (Phi) is 6.03. The molecular weight excluding hydrogens is 398 g/mol. The Labute approximate surface area is 180 Å². The molecule has 1 aliphatic rings. The van der Waals surface area contributed by atoms with Gasteiger partial charge < -0.3 is 20.1 Å². The summed E-state index contributed by atoms with van der Waals surface area (Å²) in [5.41, 5.74) is 1.96. The highest BCUT2D eigenvalue weighted by Gasteiger charge is 2.30. The minimum atomic E-state index is -0.530. The van der Waals surface area contributed by atoms with Gasteiger partial charge in [-0.3, -0.25) is 9.59 Å². The third-order valence-electron chi connectivity index (χ3n) is 5.45. The van der Waals surface area contributed by atoms with Crippen LogP contribution in [0.5, 0.6) is 0 Å². The molecule has 0 saturated carbocycles. The van der Waals surface area contributed by atoms with Gasteiger partial charge in [-0.05, 0) is 35.9 Å². The second-order valence-electron chi connectivity index (χ2n) is 7.92. The van der Waals surface area contributed by atoms with Gasteiger partial charge in [0.1, 0.15) is 6.04 Å². The monoisotopic (exact) mass is 425 g/mol. The van der Waals surface area contributed by atoms with Crippen LogP contribution in [-0.2, 0) is 4.79 Å². The van der Waals surface area contributed by atoms with E-state index in [4.69, 9.17) is 4.98 Å². The van der Waals surface area contributed by atoms with Gasteiger partial charge in [0.05, 0.1) is 15.9 Å². The molecule has 1 saturated heterocycles. The number of nitrogens with one attached hydrogen (secondary N) is 2. The molecule has 4 rings (SSSR count). The standard InChI is InChI=1S/C22H27N5O2S/c1-15(2)19(25-20(28)18-9-5-14-30-18)21(29)26-10-6-11-27(13-12-26)22-23-16-7-3-4-8-17(16)24-22/h3-5,7-9,14-15,19H,6,10-13H2,1-2H3,(H,23,24)(H,25,28). The lowest BCUT2D eigenvalue weighted by Gasteiger charge is -2.29. The van der Waals surface area contributed by atoms with E-state index in [1.165, 1.54) is 11.3 Å². The maximum atomic E-state index is 13.3. The molecule has 7 nitrogen and oxygen atoms in total. The van der Waals surface area contributed by atoms with E-state index in [2.05, 4.69) is 15.2 Å². The molecule has 30 heavy (non-hydrogen) atoms. The molecule has 0 bridgehead atoms. The molecule has 0 radical (unpaired) electrons. The quantitative estimate of drug-likeness (QED) is 0.658. The average Bonchev–Trinajstić information content (AvgIpc) is 3.36. The number of H-pyrrole nitrogens is 1. The maximum Gasteiger partial charge on any atom is 0.262 e. The number of aromatic nitrogens is 2. The summed E-state index contributed by atoms with van der Waals surface area (Å²) in [4.78, 5) is 38.5. The van der Waals surface area contributed by atoms with Crippen molar-refractivity contribution in [3.05, 3.63) is 46.7 Å². The number of hydrogen-bond acceptors (Lipinski definition) is 5. The highest BCUT2D eigenvalue weighted by Crippen LogP contribution is 2.19. The minimum Gasteiger partial charge on any atom is -0.341 e. The van der Waals surface area contributed by atoms with Crippen molar-refractivity contribution < 1.29 is 9.59 Å². The molecule has 3 heterocycles. The molecule has 2 aromatic heterocycles. The maximum absolute atomic E-state index is 13.3. The van der Waals surface area contributed by atoms with Crippen LogP contribution in [0.3, 0.4) is 0 Å². The summed E-state index contributed by atoms with van der Waals surface area (Å²) in [6, 6.07) is 11.1. The largest absolute Gasteiger partial charge is 0.341 e. The predicted octanol–water partition coefficient (Wildman–Crippen LogP) is 3.12. The third kappa shape index (κ3) is 4.33. The highest BCUT2D eigenvalue weighted by atomic mass is 32.1. The van der Waals surface area contributed by atoms with Gasteiger partial charge in [0.15, 0.2) is 0 Å². The SMILES string of the molecule is CC(C)C(NC(=O)c1cccs1)C(=O)N1CCCN(c2nc3ccccc3[nH]2)CC1. The van der Waals surface area contributed by atoms with Crippen molar-refractivity contribution in [3.63, 3.8) is 0 Å². The molecule has 2 N–H and O–H groups in total. The molecule has 158 valence electrons. The minimum absolute atomic E-state index is 0.0103. The Balaban J connectivity index is 1.43. The van der Waals surface area contributed by atoms with Crippen LogP contribution in [-0.4, -0.2) is 58.9 Å². The zero-order chi connectivity index (χ0) is 21.1. The summed E-state index contributed by atoms with van der Waals surface area (Å²) in [6.07, 6.45) is 0.854. The first kappa shape index (κ1) is 20.4. The molecular formula is C22H27N5O2S. The van der Waals surface area contributed by atoms with Crippen molar-refractivity contribution >= 4 is 40.1 Å². The summed E-state index contributed by atoms with van der Waals surface area (Å²) in [5, 5.41) is 4.81. The van der Waals surface area contributed by atoms with E-state index in [1.54, 1.807) is 6.07 Å². The van der Waals surface area contributed by atoms with Crippen LogP contribution in [0.2, 0.25) is 0 Å². The lowest BCUT2D eigenvalue weighted by atomic mass is 10.0. The van der Waals surface area contributed by atoms with Crippen LogP contribution in [0.15, 0.2) is 41.8 Å². The van der Waals surface area contributed by atoms with Crippen molar-refractivity contribution in [1.82, 2.24) is 20.2 Å². The van der Waals surface area contributed by atoms with Gasteiger partial charge in [0.25, 0.3) is 5.91 Å². The summed E-state index contributed by atoms with van der Waals surface area (Å²) < 4.78 is 0. The Morgan fingerprint density at radius 3 is 2.67 bits per heavy atom. The molecule has 3 aromatic rings. The number of para-hydroxylation sites is 2. The van der Waals surface area contributed by atoms with Crippen molar-refractivity contribution in [2.45, 2.75) is 26.3 Å². The van der Waals surface area contributed by atoms with E-state index in [0.717, 1.165) is 29.9 Å². The topological polar surface area (TPSA) is 81.3 Å². The Bertz CT molecular complexity index is 981. The number of carbonyl (C=O) groups excluding carboxylic acids is 2. The number of fused-ring (bicyclic) bond motifs is 1. The molecule has 1 unspecified atom stereocenters. The summed E-state index contributed by atoms with van der Waals surface area (Å²) in [5.74, 6) is 0.658. The summed E-state index contributed by atoms with van der Waals surface area (Å²) in [6.45, 7) is 6.75. The zero-order valence-electron chi connectivity index (χ0n) is 17.3. The average molecular weight is 426 g/mol. The Hall–Kier alpha value is -2.87. The predicted molar refractivity (Wildman–Crippen MR) is 120 cm³/mol. The van der Waals surface area contributed by atoms with Crippen molar-refractivity contribution in [3.8, 4) is 0 Å².